The van der Waals surface area contributed by atoms with Crippen LogP contribution in [0, 0.1) is 11.8 Å². The van der Waals surface area contributed by atoms with Crippen molar-refractivity contribution in [1.29, 1.82) is 0 Å². The maximum absolute atomic E-state index is 6.00. The second kappa shape index (κ2) is 12.9. The first-order valence-corrected chi connectivity index (χ1v) is 12.3. The molecule has 0 spiro atoms. The Kier molecular flexibility index (Phi) is 9.89. The van der Waals surface area contributed by atoms with Crippen LogP contribution in [0.5, 0.6) is 5.75 Å². The van der Waals surface area contributed by atoms with Crippen molar-refractivity contribution in [3.8, 4) is 16.9 Å². The van der Waals surface area contributed by atoms with E-state index in [0.29, 0.717) is 5.92 Å². The van der Waals surface area contributed by atoms with Gasteiger partial charge in [0.1, 0.15) is 5.75 Å². The molecule has 0 saturated carbocycles. The minimum atomic E-state index is -0.234. The molecule has 1 aliphatic heterocycles. The summed E-state index contributed by atoms with van der Waals surface area (Å²) in [5, 5.41) is 0. The fourth-order valence-corrected chi connectivity index (χ4v) is 3.99. The number of benzene rings is 2. The second-order valence-electron chi connectivity index (χ2n) is 9.01. The van der Waals surface area contributed by atoms with Gasteiger partial charge in [0.05, 0.1) is 19.8 Å². The lowest BCUT2D eigenvalue weighted by Gasteiger charge is -2.29. The molecule has 3 nitrogen and oxygen atoms in total. The second-order valence-corrected chi connectivity index (χ2v) is 9.01. The summed E-state index contributed by atoms with van der Waals surface area (Å²) in [6.45, 7) is 9.18. The molecule has 1 fully saturated rings. The minimum Gasteiger partial charge on any atom is -0.494 e. The average molecular weight is 425 g/mol. The summed E-state index contributed by atoms with van der Waals surface area (Å²) in [5.41, 5.74) is 3.48. The molecule has 0 amide bonds. The summed E-state index contributed by atoms with van der Waals surface area (Å²) < 4.78 is 17.9. The van der Waals surface area contributed by atoms with Crippen molar-refractivity contribution in [2.45, 2.75) is 72.0 Å². The topological polar surface area (TPSA) is 27.7 Å². The first-order valence-electron chi connectivity index (χ1n) is 12.3. The number of unbranched alkanes of at least 4 members (excludes halogenated alkanes) is 2. The van der Waals surface area contributed by atoms with Crippen molar-refractivity contribution in [3.05, 3.63) is 54.1 Å². The lowest BCUT2D eigenvalue weighted by Crippen LogP contribution is -2.27. The van der Waals surface area contributed by atoms with E-state index in [0.717, 1.165) is 43.5 Å². The molecule has 2 aromatic rings. The zero-order chi connectivity index (χ0) is 21.9. The van der Waals surface area contributed by atoms with Crippen molar-refractivity contribution in [1.82, 2.24) is 0 Å². The van der Waals surface area contributed by atoms with Crippen LogP contribution in [0.3, 0.4) is 0 Å². The lowest BCUT2D eigenvalue weighted by atomic mass is 10.0. The summed E-state index contributed by atoms with van der Waals surface area (Å²) in [6, 6.07) is 16.9. The SMILES string of the molecule is CCCCCC1COC(c2ccc(-c3ccc(OCCCC(C)CC)cc3)cc2)OC1. The maximum Gasteiger partial charge on any atom is 0.183 e. The van der Waals surface area contributed by atoms with Gasteiger partial charge in [0.25, 0.3) is 0 Å². The van der Waals surface area contributed by atoms with Gasteiger partial charge in [0.2, 0.25) is 0 Å². The van der Waals surface area contributed by atoms with Gasteiger partial charge >= 0.3 is 0 Å². The van der Waals surface area contributed by atoms with Gasteiger partial charge in [-0.2, -0.15) is 0 Å². The Morgan fingerprint density at radius 3 is 2.13 bits per heavy atom. The molecule has 1 unspecified atom stereocenters. The zero-order valence-electron chi connectivity index (χ0n) is 19.6. The predicted octanol–water partition coefficient (Wildman–Crippen LogP) is 7.80. The number of rotatable bonds is 12. The lowest BCUT2D eigenvalue weighted by molar-refractivity contribution is -0.206. The highest BCUT2D eigenvalue weighted by atomic mass is 16.7. The van der Waals surface area contributed by atoms with Gasteiger partial charge in [-0.25, -0.2) is 0 Å². The minimum absolute atomic E-state index is 0.234. The highest BCUT2D eigenvalue weighted by Gasteiger charge is 2.23. The van der Waals surface area contributed by atoms with E-state index in [1.165, 1.54) is 49.7 Å². The van der Waals surface area contributed by atoms with E-state index in [1.807, 2.05) is 0 Å². The van der Waals surface area contributed by atoms with Gasteiger partial charge in [-0.15, -0.1) is 0 Å². The van der Waals surface area contributed by atoms with Crippen molar-refractivity contribution >= 4 is 0 Å². The van der Waals surface area contributed by atoms with E-state index in [1.54, 1.807) is 0 Å². The average Bonchev–Trinajstić information content (AvgIpc) is 2.83. The zero-order valence-corrected chi connectivity index (χ0v) is 19.6. The first-order chi connectivity index (χ1) is 15.2. The molecule has 3 rings (SSSR count). The fourth-order valence-electron chi connectivity index (χ4n) is 3.99. The Morgan fingerprint density at radius 2 is 1.52 bits per heavy atom. The summed E-state index contributed by atoms with van der Waals surface area (Å²) in [4.78, 5) is 0. The maximum atomic E-state index is 6.00. The molecule has 0 aromatic heterocycles. The highest BCUT2D eigenvalue weighted by molar-refractivity contribution is 5.64. The van der Waals surface area contributed by atoms with Gasteiger partial charge < -0.3 is 14.2 Å². The van der Waals surface area contributed by atoms with Crippen LogP contribution in [-0.4, -0.2) is 19.8 Å². The Hall–Kier alpha value is -1.84. The normalized spacial score (nSPS) is 19.8. The van der Waals surface area contributed by atoms with Gasteiger partial charge in [0.15, 0.2) is 6.29 Å². The highest BCUT2D eigenvalue weighted by Crippen LogP contribution is 2.29. The van der Waals surface area contributed by atoms with E-state index in [4.69, 9.17) is 14.2 Å². The number of hydrogen-bond acceptors (Lipinski definition) is 3. The van der Waals surface area contributed by atoms with E-state index in [2.05, 4.69) is 69.3 Å². The Labute approximate surface area is 189 Å². The third-order valence-corrected chi connectivity index (χ3v) is 6.36. The molecule has 2 aromatic carbocycles. The summed E-state index contributed by atoms with van der Waals surface area (Å²) >= 11 is 0. The fraction of sp³-hybridized carbons (Fsp3) is 0.571. The van der Waals surface area contributed by atoms with Crippen LogP contribution in [0.2, 0.25) is 0 Å². The standard InChI is InChI=1S/C28H40O3/c1-4-6-7-10-23-20-30-28(31-21-23)26-13-11-24(12-14-26)25-15-17-27(18-16-25)29-19-8-9-22(3)5-2/h11-18,22-23,28H,4-10,19-21H2,1-3H3. The molecule has 31 heavy (non-hydrogen) atoms. The van der Waals surface area contributed by atoms with Gasteiger partial charge in [0, 0.05) is 11.5 Å². The Balaban J connectivity index is 1.45. The molecule has 0 radical (unpaired) electrons. The smallest absolute Gasteiger partial charge is 0.183 e. The molecule has 1 heterocycles. The van der Waals surface area contributed by atoms with E-state index in [-0.39, 0.29) is 6.29 Å². The molecular formula is C28H40O3. The van der Waals surface area contributed by atoms with Crippen LogP contribution < -0.4 is 4.74 Å². The monoisotopic (exact) mass is 424 g/mol. The van der Waals surface area contributed by atoms with Crippen LogP contribution >= 0.6 is 0 Å². The summed E-state index contributed by atoms with van der Waals surface area (Å²) in [7, 11) is 0. The van der Waals surface area contributed by atoms with Crippen molar-refractivity contribution in [3.63, 3.8) is 0 Å². The number of hydrogen-bond donors (Lipinski definition) is 0. The van der Waals surface area contributed by atoms with Crippen molar-refractivity contribution in [2.24, 2.45) is 11.8 Å². The summed E-state index contributed by atoms with van der Waals surface area (Å²) in [5.74, 6) is 2.27. The van der Waals surface area contributed by atoms with Gasteiger partial charge in [-0.3, -0.25) is 0 Å². The van der Waals surface area contributed by atoms with Crippen LogP contribution in [0.1, 0.15) is 77.6 Å². The van der Waals surface area contributed by atoms with Gasteiger partial charge in [-0.1, -0.05) is 82.9 Å². The third kappa shape index (κ3) is 7.66. The van der Waals surface area contributed by atoms with E-state index in [9.17, 15) is 0 Å². The van der Waals surface area contributed by atoms with Crippen LogP contribution in [0.15, 0.2) is 48.5 Å². The predicted molar refractivity (Wildman–Crippen MR) is 128 cm³/mol. The quantitative estimate of drug-likeness (QED) is 0.325. The van der Waals surface area contributed by atoms with E-state index >= 15 is 0 Å². The molecule has 3 heteroatoms. The number of ether oxygens (including phenoxy) is 3. The first kappa shape index (κ1) is 23.8. The van der Waals surface area contributed by atoms with E-state index < -0.39 is 0 Å². The largest absolute Gasteiger partial charge is 0.494 e. The Morgan fingerprint density at radius 1 is 0.871 bits per heavy atom. The van der Waals surface area contributed by atoms with Gasteiger partial charge in [-0.05, 0) is 48.4 Å². The molecule has 0 aliphatic carbocycles. The molecule has 0 N–H and O–H groups in total. The third-order valence-electron chi connectivity index (χ3n) is 6.36. The summed E-state index contributed by atoms with van der Waals surface area (Å²) in [6.07, 6.45) is 8.39. The molecule has 1 aliphatic rings. The molecule has 170 valence electrons. The van der Waals surface area contributed by atoms with Crippen molar-refractivity contribution < 1.29 is 14.2 Å². The molecule has 0 bridgehead atoms. The van der Waals surface area contributed by atoms with Crippen LogP contribution in [-0.2, 0) is 9.47 Å². The van der Waals surface area contributed by atoms with Crippen LogP contribution in [0.4, 0.5) is 0 Å². The van der Waals surface area contributed by atoms with Crippen molar-refractivity contribution in [2.75, 3.05) is 19.8 Å². The van der Waals surface area contributed by atoms with Crippen LogP contribution in [0.25, 0.3) is 11.1 Å². The molecule has 1 saturated heterocycles. The molecule has 1 atom stereocenters. The molecular weight excluding hydrogens is 384 g/mol. The Bertz CT molecular complexity index is 730.